The zero-order chi connectivity index (χ0) is 15.8. The molecule has 0 fully saturated rings. The largest absolute Gasteiger partial charge is 0.497 e. The lowest BCUT2D eigenvalue weighted by Crippen LogP contribution is -2.36. The number of benzene rings is 1. The number of aliphatic hydroxyl groups excluding tert-OH is 1. The van der Waals surface area contributed by atoms with E-state index in [0.29, 0.717) is 25.3 Å². The van der Waals surface area contributed by atoms with Crippen LogP contribution in [-0.2, 0) is 0 Å². The second-order valence-electron chi connectivity index (χ2n) is 4.30. The van der Waals surface area contributed by atoms with Crippen LogP contribution < -0.4 is 10.1 Å². The van der Waals surface area contributed by atoms with Crippen LogP contribution in [0.3, 0.4) is 0 Å². The summed E-state index contributed by atoms with van der Waals surface area (Å²) < 4.78 is 4.97. The van der Waals surface area contributed by atoms with Crippen molar-refractivity contribution in [2.75, 3.05) is 32.1 Å². The van der Waals surface area contributed by atoms with Crippen molar-refractivity contribution in [3.63, 3.8) is 0 Å². The third kappa shape index (κ3) is 4.64. The Morgan fingerprint density at radius 2 is 2.10 bits per heavy atom. The number of anilines is 1. The van der Waals surface area contributed by atoms with E-state index < -0.39 is 12.0 Å². The monoisotopic (exact) mass is 296 g/mol. The second kappa shape index (κ2) is 8.11. The Balaban J connectivity index is 2.90. The molecule has 116 valence electrons. The number of methoxy groups -OCH3 is 1. The van der Waals surface area contributed by atoms with Crippen molar-refractivity contribution in [3.8, 4) is 5.75 Å². The molecule has 0 aliphatic heterocycles. The van der Waals surface area contributed by atoms with Gasteiger partial charge in [-0.05, 0) is 31.5 Å². The van der Waals surface area contributed by atoms with Crippen molar-refractivity contribution >= 4 is 17.7 Å². The molecule has 0 aromatic heterocycles. The summed E-state index contributed by atoms with van der Waals surface area (Å²) in [5, 5.41) is 20.6. The van der Waals surface area contributed by atoms with Crippen molar-refractivity contribution in [1.29, 1.82) is 0 Å². The molecule has 0 atom stereocenters. The van der Waals surface area contributed by atoms with Gasteiger partial charge in [0.2, 0.25) is 0 Å². The number of urea groups is 1. The van der Waals surface area contributed by atoms with E-state index in [0.717, 1.165) is 0 Å². The number of carboxylic acids is 1. The molecular formula is C14H20N2O5. The summed E-state index contributed by atoms with van der Waals surface area (Å²) in [4.78, 5) is 24.8. The second-order valence-corrected chi connectivity index (χ2v) is 4.30. The van der Waals surface area contributed by atoms with Gasteiger partial charge in [0.25, 0.3) is 0 Å². The van der Waals surface area contributed by atoms with Gasteiger partial charge in [-0.3, -0.25) is 0 Å². The molecule has 0 aliphatic rings. The molecule has 3 N–H and O–H groups in total. The van der Waals surface area contributed by atoms with Gasteiger partial charge in [-0.2, -0.15) is 0 Å². The molecule has 0 spiro atoms. The molecule has 0 bridgehead atoms. The number of nitrogens with zero attached hydrogens (tertiary/aromatic N) is 1. The van der Waals surface area contributed by atoms with E-state index in [1.54, 1.807) is 6.07 Å². The number of aromatic carboxylic acids is 1. The maximum atomic E-state index is 12.1. The van der Waals surface area contributed by atoms with E-state index in [4.69, 9.17) is 9.84 Å². The van der Waals surface area contributed by atoms with Crippen LogP contribution >= 0.6 is 0 Å². The molecule has 0 heterocycles. The molecule has 0 unspecified atom stereocenters. The summed E-state index contributed by atoms with van der Waals surface area (Å²) in [7, 11) is 1.44. The highest BCUT2D eigenvalue weighted by atomic mass is 16.5. The summed E-state index contributed by atoms with van der Waals surface area (Å²) in [6.45, 7) is 2.66. The number of nitrogens with one attached hydrogen (secondary N) is 1. The lowest BCUT2D eigenvalue weighted by atomic mass is 10.1. The van der Waals surface area contributed by atoms with Crippen molar-refractivity contribution < 1.29 is 24.5 Å². The minimum absolute atomic E-state index is 0.00725. The maximum absolute atomic E-state index is 12.1. The quantitative estimate of drug-likeness (QED) is 0.710. The van der Waals surface area contributed by atoms with Crippen LogP contribution in [-0.4, -0.2) is 53.9 Å². The number of amides is 2. The fourth-order valence-corrected chi connectivity index (χ4v) is 1.80. The third-order valence-corrected chi connectivity index (χ3v) is 2.95. The summed E-state index contributed by atoms with van der Waals surface area (Å²) >= 11 is 0. The highest BCUT2D eigenvalue weighted by molar-refractivity contribution is 6.00. The molecule has 1 aromatic carbocycles. The van der Waals surface area contributed by atoms with Crippen LogP contribution in [0.2, 0.25) is 0 Å². The maximum Gasteiger partial charge on any atom is 0.337 e. The average Bonchev–Trinajstić information content (AvgIpc) is 2.48. The van der Waals surface area contributed by atoms with Crippen LogP contribution in [0.25, 0.3) is 0 Å². The first kappa shape index (κ1) is 16.8. The number of aliphatic hydroxyl groups is 1. The molecule has 0 aliphatic carbocycles. The number of rotatable bonds is 7. The molecule has 7 heteroatoms. The Hall–Kier alpha value is -2.28. The van der Waals surface area contributed by atoms with E-state index in [1.165, 1.54) is 24.1 Å². The Morgan fingerprint density at radius 3 is 2.62 bits per heavy atom. The van der Waals surface area contributed by atoms with Crippen molar-refractivity contribution in [2.24, 2.45) is 0 Å². The highest BCUT2D eigenvalue weighted by Gasteiger charge is 2.16. The third-order valence-electron chi connectivity index (χ3n) is 2.95. The molecule has 0 radical (unpaired) electrons. The van der Waals surface area contributed by atoms with Gasteiger partial charge in [-0.25, -0.2) is 9.59 Å². The van der Waals surface area contributed by atoms with Crippen molar-refractivity contribution in [3.05, 3.63) is 23.8 Å². The summed E-state index contributed by atoms with van der Waals surface area (Å²) in [5.74, 6) is -0.749. The van der Waals surface area contributed by atoms with E-state index in [1.807, 2.05) is 6.92 Å². The van der Waals surface area contributed by atoms with Crippen LogP contribution in [0.4, 0.5) is 10.5 Å². The standard InChI is InChI=1S/C14H20N2O5/c1-3-16(7-4-8-17)14(20)15-12-6-5-10(21-2)9-11(12)13(18)19/h5-6,9,17H,3-4,7-8H2,1-2H3,(H,15,20)(H,18,19). The fourth-order valence-electron chi connectivity index (χ4n) is 1.80. The van der Waals surface area contributed by atoms with E-state index >= 15 is 0 Å². The van der Waals surface area contributed by atoms with Crippen LogP contribution in [0.5, 0.6) is 5.75 Å². The van der Waals surface area contributed by atoms with Gasteiger partial charge in [-0.15, -0.1) is 0 Å². The molecule has 2 amide bonds. The van der Waals surface area contributed by atoms with Crippen molar-refractivity contribution in [1.82, 2.24) is 4.90 Å². The predicted octanol–water partition coefficient (Wildman–Crippen LogP) is 1.63. The summed E-state index contributed by atoms with van der Waals surface area (Å²) in [6, 6.07) is 4.01. The Morgan fingerprint density at radius 1 is 1.38 bits per heavy atom. The molecule has 0 saturated carbocycles. The van der Waals surface area contributed by atoms with Gasteiger partial charge in [0.05, 0.1) is 18.4 Å². The van der Waals surface area contributed by atoms with Gasteiger partial charge in [0, 0.05) is 19.7 Å². The highest BCUT2D eigenvalue weighted by Crippen LogP contribution is 2.22. The Bertz CT molecular complexity index is 504. The fraction of sp³-hybridized carbons (Fsp3) is 0.429. The SMILES string of the molecule is CCN(CCCO)C(=O)Nc1ccc(OC)cc1C(=O)O. The van der Waals surface area contributed by atoms with E-state index in [2.05, 4.69) is 5.32 Å². The minimum atomic E-state index is -1.15. The smallest absolute Gasteiger partial charge is 0.337 e. The van der Waals surface area contributed by atoms with Gasteiger partial charge in [-0.1, -0.05) is 0 Å². The summed E-state index contributed by atoms with van der Waals surface area (Å²) in [6.07, 6.45) is 0.468. The molecule has 1 rings (SSSR count). The van der Waals surface area contributed by atoms with Crippen LogP contribution in [0.1, 0.15) is 23.7 Å². The van der Waals surface area contributed by atoms with Gasteiger partial charge in [0.15, 0.2) is 0 Å². The lowest BCUT2D eigenvalue weighted by Gasteiger charge is -2.21. The number of hydrogen-bond donors (Lipinski definition) is 3. The topological polar surface area (TPSA) is 99.1 Å². The predicted molar refractivity (Wildman–Crippen MR) is 77.9 cm³/mol. The zero-order valence-electron chi connectivity index (χ0n) is 12.1. The number of carbonyl (C=O) groups is 2. The molecule has 0 saturated heterocycles. The first-order chi connectivity index (χ1) is 10.0. The molecular weight excluding hydrogens is 276 g/mol. The van der Waals surface area contributed by atoms with Gasteiger partial charge < -0.3 is 25.2 Å². The Labute approximate surface area is 123 Å². The summed E-state index contributed by atoms with van der Waals surface area (Å²) in [5.41, 5.74) is 0.164. The first-order valence-electron chi connectivity index (χ1n) is 6.61. The number of ether oxygens (including phenoxy) is 1. The normalized spacial score (nSPS) is 10.0. The average molecular weight is 296 g/mol. The zero-order valence-corrected chi connectivity index (χ0v) is 12.1. The minimum Gasteiger partial charge on any atom is -0.497 e. The number of hydrogen-bond acceptors (Lipinski definition) is 4. The first-order valence-corrected chi connectivity index (χ1v) is 6.61. The molecule has 1 aromatic rings. The Kier molecular flexibility index (Phi) is 6.48. The molecule has 7 nitrogen and oxygen atoms in total. The van der Waals surface area contributed by atoms with Gasteiger partial charge >= 0.3 is 12.0 Å². The van der Waals surface area contributed by atoms with Crippen LogP contribution in [0, 0.1) is 0 Å². The molecule has 21 heavy (non-hydrogen) atoms. The number of carbonyl (C=O) groups excluding carboxylic acids is 1. The van der Waals surface area contributed by atoms with E-state index in [-0.39, 0.29) is 17.9 Å². The van der Waals surface area contributed by atoms with Crippen LogP contribution in [0.15, 0.2) is 18.2 Å². The van der Waals surface area contributed by atoms with E-state index in [9.17, 15) is 14.7 Å². The van der Waals surface area contributed by atoms with Crippen molar-refractivity contribution in [2.45, 2.75) is 13.3 Å². The lowest BCUT2D eigenvalue weighted by molar-refractivity contribution is 0.0697. The van der Waals surface area contributed by atoms with Gasteiger partial charge in [0.1, 0.15) is 5.75 Å². The number of carboxylic acid groups (broad SMARTS) is 1.